The highest BCUT2D eigenvalue weighted by Gasteiger charge is 2.22. The van der Waals surface area contributed by atoms with E-state index < -0.39 is 0 Å². The van der Waals surface area contributed by atoms with Gasteiger partial charge in [0.15, 0.2) is 0 Å². The summed E-state index contributed by atoms with van der Waals surface area (Å²) in [6.07, 6.45) is 1.63. The third kappa shape index (κ3) is 5.31. The summed E-state index contributed by atoms with van der Waals surface area (Å²) < 4.78 is 11.8. The van der Waals surface area contributed by atoms with Crippen LogP contribution in [0.25, 0.3) is 0 Å². The Kier molecular flexibility index (Phi) is 5.83. The number of ether oxygens (including phenoxy) is 2. The van der Waals surface area contributed by atoms with Gasteiger partial charge in [0.25, 0.3) is 0 Å². The van der Waals surface area contributed by atoms with E-state index in [4.69, 9.17) is 9.47 Å². The van der Waals surface area contributed by atoms with Crippen LogP contribution in [0.5, 0.6) is 0 Å². The molecular formula is C16H25NO2. The summed E-state index contributed by atoms with van der Waals surface area (Å²) in [6, 6.07) is 10.3. The van der Waals surface area contributed by atoms with Crippen molar-refractivity contribution in [1.29, 1.82) is 0 Å². The second-order valence-electron chi connectivity index (χ2n) is 5.67. The first-order valence-corrected chi connectivity index (χ1v) is 7.22. The predicted molar refractivity (Wildman–Crippen MR) is 77.1 cm³/mol. The summed E-state index contributed by atoms with van der Waals surface area (Å²) >= 11 is 0. The van der Waals surface area contributed by atoms with Gasteiger partial charge in [0, 0.05) is 13.1 Å². The molecule has 0 bridgehead atoms. The maximum Gasteiger partial charge on any atom is 0.0937 e. The lowest BCUT2D eigenvalue weighted by Crippen LogP contribution is -2.47. The SMILES string of the molecule is CC(C)CC1CNCC(COCc2ccccc2)O1. The van der Waals surface area contributed by atoms with E-state index in [0.717, 1.165) is 19.5 Å². The van der Waals surface area contributed by atoms with Crippen LogP contribution in [0.4, 0.5) is 0 Å². The molecule has 0 saturated carbocycles. The number of morpholine rings is 1. The van der Waals surface area contributed by atoms with Crippen LogP contribution in [-0.2, 0) is 16.1 Å². The molecule has 1 aliphatic rings. The fraction of sp³-hybridized carbons (Fsp3) is 0.625. The van der Waals surface area contributed by atoms with E-state index in [1.165, 1.54) is 5.56 Å². The molecule has 2 unspecified atom stereocenters. The van der Waals surface area contributed by atoms with Crippen LogP contribution < -0.4 is 5.32 Å². The summed E-state index contributed by atoms with van der Waals surface area (Å²) in [5.41, 5.74) is 1.21. The fourth-order valence-electron chi connectivity index (χ4n) is 2.42. The van der Waals surface area contributed by atoms with Gasteiger partial charge in [0.2, 0.25) is 0 Å². The van der Waals surface area contributed by atoms with Gasteiger partial charge < -0.3 is 14.8 Å². The molecular weight excluding hydrogens is 238 g/mol. The zero-order chi connectivity index (χ0) is 13.5. The molecule has 0 spiro atoms. The minimum absolute atomic E-state index is 0.182. The molecule has 0 aromatic heterocycles. The maximum absolute atomic E-state index is 6.05. The summed E-state index contributed by atoms with van der Waals surface area (Å²) in [6.45, 7) is 7.65. The molecule has 3 heteroatoms. The topological polar surface area (TPSA) is 30.5 Å². The van der Waals surface area contributed by atoms with Crippen molar-refractivity contribution in [1.82, 2.24) is 5.32 Å². The fourth-order valence-corrected chi connectivity index (χ4v) is 2.42. The predicted octanol–water partition coefficient (Wildman–Crippen LogP) is 2.61. The van der Waals surface area contributed by atoms with Gasteiger partial charge in [-0.1, -0.05) is 44.2 Å². The van der Waals surface area contributed by atoms with Crippen molar-refractivity contribution < 1.29 is 9.47 Å². The monoisotopic (exact) mass is 263 g/mol. The van der Waals surface area contributed by atoms with Crippen molar-refractivity contribution in [3.05, 3.63) is 35.9 Å². The number of benzene rings is 1. The second-order valence-corrected chi connectivity index (χ2v) is 5.67. The van der Waals surface area contributed by atoms with E-state index in [2.05, 4.69) is 31.3 Å². The summed E-state index contributed by atoms with van der Waals surface area (Å²) in [5, 5.41) is 3.43. The van der Waals surface area contributed by atoms with Crippen molar-refractivity contribution in [3.8, 4) is 0 Å². The molecule has 0 amide bonds. The van der Waals surface area contributed by atoms with Gasteiger partial charge in [-0.25, -0.2) is 0 Å². The molecule has 1 aliphatic heterocycles. The van der Waals surface area contributed by atoms with Gasteiger partial charge in [0.05, 0.1) is 25.4 Å². The smallest absolute Gasteiger partial charge is 0.0937 e. The third-order valence-electron chi connectivity index (χ3n) is 3.28. The highest BCUT2D eigenvalue weighted by atomic mass is 16.5. The molecule has 1 aromatic rings. The molecule has 19 heavy (non-hydrogen) atoms. The quantitative estimate of drug-likeness (QED) is 0.856. The van der Waals surface area contributed by atoms with Gasteiger partial charge >= 0.3 is 0 Å². The number of hydrogen-bond donors (Lipinski definition) is 1. The largest absolute Gasteiger partial charge is 0.374 e. The van der Waals surface area contributed by atoms with Crippen molar-refractivity contribution in [2.75, 3.05) is 19.7 Å². The first-order valence-electron chi connectivity index (χ1n) is 7.22. The summed E-state index contributed by atoms with van der Waals surface area (Å²) in [7, 11) is 0. The minimum Gasteiger partial charge on any atom is -0.374 e. The van der Waals surface area contributed by atoms with Crippen LogP contribution in [0.3, 0.4) is 0 Å². The van der Waals surface area contributed by atoms with Crippen molar-refractivity contribution >= 4 is 0 Å². The third-order valence-corrected chi connectivity index (χ3v) is 3.28. The molecule has 1 fully saturated rings. The molecule has 106 valence electrons. The van der Waals surface area contributed by atoms with E-state index >= 15 is 0 Å². The molecule has 1 aromatic carbocycles. The molecule has 1 N–H and O–H groups in total. The number of nitrogens with one attached hydrogen (secondary N) is 1. The summed E-state index contributed by atoms with van der Waals surface area (Å²) in [5.74, 6) is 0.677. The Morgan fingerprint density at radius 3 is 2.68 bits per heavy atom. The van der Waals surface area contributed by atoms with Crippen LogP contribution >= 0.6 is 0 Å². The van der Waals surface area contributed by atoms with Crippen LogP contribution in [0.15, 0.2) is 30.3 Å². The van der Waals surface area contributed by atoms with E-state index in [0.29, 0.717) is 25.2 Å². The average Bonchev–Trinajstić information content (AvgIpc) is 2.40. The molecule has 0 aliphatic carbocycles. The zero-order valence-electron chi connectivity index (χ0n) is 12.0. The lowest BCUT2D eigenvalue weighted by molar-refractivity contribution is -0.0840. The highest BCUT2D eigenvalue weighted by molar-refractivity contribution is 5.13. The normalized spacial score (nSPS) is 23.7. The Morgan fingerprint density at radius 1 is 1.21 bits per heavy atom. The molecule has 3 nitrogen and oxygen atoms in total. The Labute approximate surface area is 116 Å². The van der Waals surface area contributed by atoms with Gasteiger partial charge in [-0.15, -0.1) is 0 Å². The average molecular weight is 263 g/mol. The van der Waals surface area contributed by atoms with E-state index in [1.54, 1.807) is 0 Å². The van der Waals surface area contributed by atoms with Crippen molar-refractivity contribution in [2.24, 2.45) is 5.92 Å². The van der Waals surface area contributed by atoms with Crippen LogP contribution in [-0.4, -0.2) is 31.9 Å². The van der Waals surface area contributed by atoms with Gasteiger partial charge in [-0.2, -0.15) is 0 Å². The Hall–Kier alpha value is -0.900. The Balaban J connectivity index is 1.68. The van der Waals surface area contributed by atoms with Crippen molar-refractivity contribution in [3.63, 3.8) is 0 Å². The first-order chi connectivity index (χ1) is 9.24. The van der Waals surface area contributed by atoms with Crippen LogP contribution in [0.2, 0.25) is 0 Å². The van der Waals surface area contributed by atoms with Gasteiger partial charge in [-0.3, -0.25) is 0 Å². The summed E-state index contributed by atoms with van der Waals surface area (Å²) in [4.78, 5) is 0. The number of rotatable bonds is 6. The highest BCUT2D eigenvalue weighted by Crippen LogP contribution is 2.13. The van der Waals surface area contributed by atoms with E-state index in [1.807, 2.05) is 18.2 Å². The lowest BCUT2D eigenvalue weighted by atomic mass is 10.0. The van der Waals surface area contributed by atoms with E-state index in [-0.39, 0.29) is 6.10 Å². The molecule has 1 saturated heterocycles. The van der Waals surface area contributed by atoms with Crippen LogP contribution in [0, 0.1) is 5.92 Å². The van der Waals surface area contributed by atoms with E-state index in [9.17, 15) is 0 Å². The Bertz CT molecular complexity index is 353. The zero-order valence-corrected chi connectivity index (χ0v) is 12.0. The molecule has 0 radical (unpaired) electrons. The van der Waals surface area contributed by atoms with Gasteiger partial charge in [-0.05, 0) is 17.9 Å². The molecule has 2 atom stereocenters. The standard InChI is InChI=1S/C16H25NO2/c1-13(2)8-15-9-17-10-16(19-15)12-18-11-14-6-4-3-5-7-14/h3-7,13,15-17H,8-12H2,1-2H3. The molecule has 2 rings (SSSR count). The Morgan fingerprint density at radius 2 is 1.95 bits per heavy atom. The second kappa shape index (κ2) is 7.63. The van der Waals surface area contributed by atoms with Crippen molar-refractivity contribution in [2.45, 2.75) is 39.1 Å². The lowest BCUT2D eigenvalue weighted by Gasteiger charge is -2.31. The van der Waals surface area contributed by atoms with Crippen LogP contribution in [0.1, 0.15) is 25.8 Å². The van der Waals surface area contributed by atoms with Gasteiger partial charge in [0.1, 0.15) is 0 Å². The molecule has 1 heterocycles. The first kappa shape index (κ1) is 14.5. The number of hydrogen-bond acceptors (Lipinski definition) is 3. The maximum atomic E-state index is 6.05. The minimum atomic E-state index is 0.182.